The lowest BCUT2D eigenvalue weighted by molar-refractivity contribution is -0.116. The number of aromatic nitrogens is 3. The van der Waals surface area contributed by atoms with Crippen molar-refractivity contribution in [3.05, 3.63) is 62.0 Å². The van der Waals surface area contributed by atoms with Gasteiger partial charge in [-0.25, -0.2) is 4.98 Å². The molecule has 0 saturated carbocycles. The van der Waals surface area contributed by atoms with Crippen molar-refractivity contribution in [2.24, 2.45) is 0 Å². The summed E-state index contributed by atoms with van der Waals surface area (Å²) in [5.41, 5.74) is 3.24. The minimum absolute atomic E-state index is 0.0253. The number of Topliss-reactive ketones (excluding diaryl/α,β-unsaturated/α-hetero) is 1. The molecule has 2 N–H and O–H groups in total. The zero-order valence-corrected chi connectivity index (χ0v) is 17.1. The number of benzene rings is 1. The first-order chi connectivity index (χ1) is 13.3. The number of carbonyl (C=O) groups excluding carboxylic acids is 2. The van der Waals surface area contributed by atoms with Gasteiger partial charge in [-0.05, 0) is 58.4 Å². The summed E-state index contributed by atoms with van der Waals surface area (Å²) in [6.07, 6.45) is 0.507. The summed E-state index contributed by atoms with van der Waals surface area (Å²) in [4.78, 5) is 41.7. The predicted octanol–water partition coefficient (Wildman–Crippen LogP) is 3.32. The zero-order valence-electron chi connectivity index (χ0n) is 16.3. The molecular weight excluding hydrogens is 376 g/mol. The second-order valence-electron chi connectivity index (χ2n) is 6.68. The number of thiazole rings is 1. The first-order valence-corrected chi connectivity index (χ1v) is 9.73. The molecule has 1 aromatic carbocycles. The molecule has 146 valence electrons. The van der Waals surface area contributed by atoms with Crippen LogP contribution in [-0.4, -0.2) is 26.5 Å². The second kappa shape index (κ2) is 7.93. The van der Waals surface area contributed by atoms with E-state index in [9.17, 15) is 14.4 Å². The molecule has 2 aromatic heterocycles. The number of anilines is 1. The van der Waals surface area contributed by atoms with Gasteiger partial charge in [-0.2, -0.15) is 4.68 Å². The topological polar surface area (TPSA) is 96.8 Å². The average Bonchev–Trinajstić information content (AvgIpc) is 3.12. The van der Waals surface area contributed by atoms with Crippen molar-refractivity contribution in [1.82, 2.24) is 14.8 Å². The van der Waals surface area contributed by atoms with Gasteiger partial charge in [0.1, 0.15) is 0 Å². The minimum Gasteiger partial charge on any atom is -0.326 e. The Balaban J connectivity index is 1.68. The highest BCUT2D eigenvalue weighted by Gasteiger charge is 2.16. The maximum atomic E-state index is 12.7. The van der Waals surface area contributed by atoms with Gasteiger partial charge in [-0.15, -0.1) is 0 Å². The van der Waals surface area contributed by atoms with Crippen molar-refractivity contribution in [3.8, 4) is 5.13 Å². The number of rotatable bonds is 6. The highest BCUT2D eigenvalue weighted by molar-refractivity contribution is 7.14. The third kappa shape index (κ3) is 4.12. The van der Waals surface area contributed by atoms with Crippen molar-refractivity contribution in [2.45, 2.75) is 40.5 Å². The number of aromatic amines is 1. The Hall–Kier alpha value is -3.00. The number of hydrogen-bond acceptors (Lipinski definition) is 5. The van der Waals surface area contributed by atoms with E-state index < -0.39 is 0 Å². The highest BCUT2D eigenvalue weighted by Crippen LogP contribution is 2.19. The van der Waals surface area contributed by atoms with Crippen molar-refractivity contribution in [2.75, 3.05) is 5.32 Å². The summed E-state index contributed by atoms with van der Waals surface area (Å²) in [6.45, 7) is 7.18. The van der Waals surface area contributed by atoms with Crippen LogP contribution in [0.3, 0.4) is 0 Å². The standard InChI is InChI=1S/C20H22N4O3S/c1-11-14(4)28-20(21-11)24-19(27)17(12(2)23-24)9-10-18(26)22-16-7-5-15(6-8-16)13(3)25/h5-8,23H,9-10H2,1-4H3,(H,22,26). The molecule has 3 rings (SSSR count). The molecule has 0 unspecified atom stereocenters. The quantitative estimate of drug-likeness (QED) is 0.623. The van der Waals surface area contributed by atoms with Crippen LogP contribution in [-0.2, 0) is 11.2 Å². The van der Waals surface area contributed by atoms with Crippen molar-refractivity contribution >= 4 is 28.7 Å². The summed E-state index contributed by atoms with van der Waals surface area (Å²) in [6, 6.07) is 6.72. The van der Waals surface area contributed by atoms with Crippen molar-refractivity contribution in [1.29, 1.82) is 0 Å². The Bertz CT molecular complexity index is 1070. The van der Waals surface area contributed by atoms with Gasteiger partial charge in [0.25, 0.3) is 5.56 Å². The lowest BCUT2D eigenvalue weighted by atomic mass is 10.1. The monoisotopic (exact) mass is 398 g/mol. The molecule has 2 heterocycles. The normalized spacial score (nSPS) is 10.9. The van der Waals surface area contributed by atoms with Gasteiger partial charge < -0.3 is 5.32 Å². The summed E-state index contributed by atoms with van der Waals surface area (Å²) < 4.78 is 1.44. The lowest BCUT2D eigenvalue weighted by Crippen LogP contribution is -2.19. The Morgan fingerprint density at radius 3 is 2.43 bits per heavy atom. The summed E-state index contributed by atoms with van der Waals surface area (Å²) in [5.74, 6) is -0.217. The Morgan fingerprint density at radius 2 is 1.86 bits per heavy atom. The van der Waals surface area contributed by atoms with Crippen LogP contribution in [0.2, 0.25) is 0 Å². The molecule has 0 fully saturated rings. The van der Waals surface area contributed by atoms with Crippen LogP contribution in [0.1, 0.15) is 45.5 Å². The molecule has 0 bridgehead atoms. The van der Waals surface area contributed by atoms with Crippen LogP contribution in [0.4, 0.5) is 5.69 Å². The average molecular weight is 398 g/mol. The lowest BCUT2D eigenvalue weighted by Gasteiger charge is -2.05. The van der Waals surface area contributed by atoms with E-state index in [0.29, 0.717) is 28.4 Å². The van der Waals surface area contributed by atoms with E-state index in [4.69, 9.17) is 0 Å². The summed E-state index contributed by atoms with van der Waals surface area (Å²) in [5, 5.41) is 6.44. The molecule has 7 nitrogen and oxygen atoms in total. The summed E-state index contributed by atoms with van der Waals surface area (Å²) in [7, 11) is 0. The Morgan fingerprint density at radius 1 is 1.18 bits per heavy atom. The van der Waals surface area contributed by atoms with Gasteiger partial charge >= 0.3 is 0 Å². The molecular formula is C20H22N4O3S. The van der Waals surface area contributed by atoms with Gasteiger partial charge in [-0.1, -0.05) is 11.3 Å². The van der Waals surface area contributed by atoms with E-state index >= 15 is 0 Å². The molecule has 0 radical (unpaired) electrons. The van der Waals surface area contributed by atoms with Gasteiger partial charge in [0.05, 0.1) is 5.69 Å². The molecule has 0 aliphatic heterocycles. The van der Waals surface area contributed by atoms with E-state index in [-0.39, 0.29) is 23.7 Å². The van der Waals surface area contributed by atoms with Crippen LogP contribution in [0.15, 0.2) is 29.1 Å². The van der Waals surface area contributed by atoms with Crippen LogP contribution in [0, 0.1) is 20.8 Å². The largest absolute Gasteiger partial charge is 0.326 e. The number of nitrogens with zero attached hydrogens (tertiary/aromatic N) is 2. The third-order valence-corrected chi connectivity index (χ3v) is 5.64. The molecule has 0 aliphatic rings. The second-order valence-corrected chi connectivity index (χ2v) is 7.86. The molecule has 28 heavy (non-hydrogen) atoms. The van der Waals surface area contributed by atoms with Gasteiger partial charge in [0.15, 0.2) is 5.78 Å². The summed E-state index contributed by atoms with van der Waals surface area (Å²) >= 11 is 1.45. The maximum absolute atomic E-state index is 12.7. The number of amides is 1. The molecule has 8 heteroatoms. The first kappa shape index (κ1) is 19.8. The van der Waals surface area contributed by atoms with Crippen LogP contribution in [0.5, 0.6) is 0 Å². The number of nitrogens with one attached hydrogen (secondary N) is 2. The fraction of sp³-hybridized carbons (Fsp3) is 0.300. The predicted molar refractivity (Wildman–Crippen MR) is 110 cm³/mol. The smallest absolute Gasteiger partial charge is 0.276 e. The number of aryl methyl sites for hydroxylation is 3. The van der Waals surface area contributed by atoms with Crippen molar-refractivity contribution < 1.29 is 9.59 Å². The van der Waals surface area contributed by atoms with Gasteiger partial charge in [-0.3, -0.25) is 19.5 Å². The highest BCUT2D eigenvalue weighted by atomic mass is 32.1. The van der Waals surface area contributed by atoms with Crippen LogP contribution < -0.4 is 10.9 Å². The van der Waals surface area contributed by atoms with Gasteiger partial charge in [0.2, 0.25) is 11.0 Å². The number of hydrogen-bond donors (Lipinski definition) is 2. The molecule has 0 saturated heterocycles. The number of H-pyrrole nitrogens is 1. The number of carbonyl (C=O) groups is 2. The van der Waals surface area contributed by atoms with E-state index in [1.54, 1.807) is 24.3 Å². The first-order valence-electron chi connectivity index (χ1n) is 8.92. The fourth-order valence-corrected chi connectivity index (χ4v) is 3.68. The van der Waals surface area contributed by atoms with E-state index in [1.165, 1.54) is 22.9 Å². The fourth-order valence-electron chi connectivity index (χ4n) is 2.81. The minimum atomic E-state index is -0.192. The SMILES string of the molecule is CC(=O)c1ccc(NC(=O)CCc2c(C)[nH]n(-c3nc(C)c(C)s3)c2=O)cc1. The molecule has 0 aliphatic carbocycles. The van der Waals surface area contributed by atoms with Crippen molar-refractivity contribution in [3.63, 3.8) is 0 Å². The van der Waals surface area contributed by atoms with Crippen LogP contribution in [0.25, 0.3) is 5.13 Å². The third-order valence-electron chi connectivity index (χ3n) is 4.58. The van der Waals surface area contributed by atoms with E-state index in [1.807, 2.05) is 20.8 Å². The molecule has 3 aromatic rings. The number of ketones is 1. The van der Waals surface area contributed by atoms with Crippen LogP contribution >= 0.6 is 11.3 Å². The molecule has 0 atom stereocenters. The zero-order chi connectivity index (χ0) is 20.4. The van der Waals surface area contributed by atoms with E-state index in [0.717, 1.165) is 16.3 Å². The molecule has 1 amide bonds. The molecule has 0 spiro atoms. The van der Waals surface area contributed by atoms with E-state index in [2.05, 4.69) is 15.4 Å². The Labute approximate surface area is 166 Å². The Kier molecular flexibility index (Phi) is 5.60. The van der Waals surface area contributed by atoms with Gasteiger partial charge in [0, 0.05) is 33.8 Å². The maximum Gasteiger partial charge on any atom is 0.276 e.